The van der Waals surface area contributed by atoms with E-state index >= 15 is 0 Å². The maximum Gasteiger partial charge on any atom is 0.228 e. The molecule has 2 aliphatic rings. The van der Waals surface area contributed by atoms with E-state index in [1.165, 1.54) is 14.1 Å². The quantitative estimate of drug-likeness (QED) is 0.748. The molecule has 0 amide bonds. The van der Waals surface area contributed by atoms with Gasteiger partial charge in [-0.25, -0.2) is 12.7 Å². The van der Waals surface area contributed by atoms with Crippen molar-refractivity contribution in [3.63, 3.8) is 0 Å². The van der Waals surface area contributed by atoms with Crippen LogP contribution in [0.25, 0.3) is 0 Å². The van der Waals surface area contributed by atoms with E-state index in [0.717, 1.165) is 4.31 Å². The van der Waals surface area contributed by atoms with Crippen LogP contribution in [0.15, 0.2) is 24.3 Å². The van der Waals surface area contributed by atoms with Crippen molar-refractivity contribution in [1.29, 1.82) is 0 Å². The molecule has 15 heavy (non-hydrogen) atoms. The monoisotopic (exact) mass is 225 g/mol. The predicted octanol–water partition coefficient (Wildman–Crippen LogP) is 0.815. The maximum absolute atomic E-state index is 11.9. The summed E-state index contributed by atoms with van der Waals surface area (Å²) in [7, 11) is -0.688. The Balaban J connectivity index is 2.57. The third-order valence-electron chi connectivity index (χ3n) is 2.54. The van der Waals surface area contributed by atoms with Gasteiger partial charge in [-0.15, -0.1) is 0 Å². The lowest BCUT2D eigenvalue weighted by Gasteiger charge is -2.24. The molecular weight excluding hydrogens is 214 g/mol. The first-order chi connectivity index (χ1) is 6.94. The fourth-order valence-corrected chi connectivity index (χ4v) is 2.97. The number of ketones is 1. The van der Waals surface area contributed by atoms with Crippen LogP contribution in [0.5, 0.6) is 0 Å². The Morgan fingerprint density at radius 3 is 2.07 bits per heavy atom. The molecule has 0 fully saturated rings. The number of hydrogen-bond donors (Lipinski definition) is 0. The lowest BCUT2D eigenvalue weighted by molar-refractivity contribution is 0.0981. The zero-order chi connectivity index (χ0) is 11.2. The zero-order valence-electron chi connectivity index (χ0n) is 8.47. The second-order valence-electron chi connectivity index (χ2n) is 3.69. The van der Waals surface area contributed by atoms with E-state index in [9.17, 15) is 13.2 Å². The number of nitrogens with zero attached hydrogens (tertiary/aromatic N) is 1. The normalized spacial score (nSPS) is 19.9. The highest BCUT2D eigenvalue weighted by Gasteiger charge is 2.38. The molecule has 0 aromatic heterocycles. The molecule has 0 saturated carbocycles. The number of fused-ring (bicyclic) bond motifs is 3. The van der Waals surface area contributed by atoms with Gasteiger partial charge in [0.2, 0.25) is 10.0 Å². The SMILES string of the molecule is CN(C)S(=O)(=O)C1C(=O)c2ccc1cc2. The Bertz CT molecular complexity index is 502. The first-order valence-corrected chi connectivity index (χ1v) is 6.00. The average Bonchev–Trinajstić information content (AvgIpc) is 2.18. The van der Waals surface area contributed by atoms with Crippen LogP contribution in [-0.4, -0.2) is 32.6 Å². The van der Waals surface area contributed by atoms with Gasteiger partial charge in [0.1, 0.15) is 0 Å². The van der Waals surface area contributed by atoms with Gasteiger partial charge in [0.25, 0.3) is 0 Å². The number of benzene rings is 1. The summed E-state index contributed by atoms with van der Waals surface area (Å²) in [5.74, 6) is -0.330. The predicted molar refractivity (Wildman–Crippen MR) is 56.1 cm³/mol. The molecule has 80 valence electrons. The molecule has 5 heteroatoms. The molecule has 0 heterocycles. The minimum absolute atomic E-state index is 0.330. The van der Waals surface area contributed by atoms with Crippen molar-refractivity contribution in [2.45, 2.75) is 5.25 Å². The number of rotatable bonds is 2. The largest absolute Gasteiger partial charge is 0.292 e. The molecule has 0 aliphatic heterocycles. The smallest absolute Gasteiger partial charge is 0.228 e. The van der Waals surface area contributed by atoms with Crippen molar-refractivity contribution in [2.24, 2.45) is 0 Å². The van der Waals surface area contributed by atoms with Crippen LogP contribution in [0.2, 0.25) is 0 Å². The van der Waals surface area contributed by atoms with E-state index in [2.05, 4.69) is 0 Å². The Kier molecular flexibility index (Phi) is 2.17. The van der Waals surface area contributed by atoms with E-state index in [0.29, 0.717) is 11.1 Å². The van der Waals surface area contributed by atoms with Gasteiger partial charge >= 0.3 is 0 Å². The van der Waals surface area contributed by atoms with Crippen LogP contribution in [0.4, 0.5) is 0 Å². The van der Waals surface area contributed by atoms with Gasteiger partial charge < -0.3 is 0 Å². The van der Waals surface area contributed by atoms with E-state index in [1.54, 1.807) is 24.3 Å². The topological polar surface area (TPSA) is 54.5 Å². The van der Waals surface area contributed by atoms with Gasteiger partial charge in [0, 0.05) is 19.7 Å². The lowest BCUT2D eigenvalue weighted by Crippen LogP contribution is -2.34. The summed E-state index contributed by atoms with van der Waals surface area (Å²) in [5, 5.41) is -1.04. The van der Waals surface area contributed by atoms with Crippen LogP contribution in [-0.2, 0) is 10.0 Å². The van der Waals surface area contributed by atoms with Crippen molar-refractivity contribution in [3.05, 3.63) is 35.4 Å². The molecule has 0 radical (unpaired) electrons. The van der Waals surface area contributed by atoms with Crippen LogP contribution in [0, 0.1) is 0 Å². The highest BCUT2D eigenvalue weighted by atomic mass is 32.2. The van der Waals surface area contributed by atoms with Crippen molar-refractivity contribution >= 4 is 15.8 Å². The summed E-state index contributed by atoms with van der Waals surface area (Å²) < 4.78 is 24.9. The zero-order valence-corrected chi connectivity index (χ0v) is 9.28. The van der Waals surface area contributed by atoms with Crippen molar-refractivity contribution in [2.75, 3.05) is 14.1 Å². The highest BCUT2D eigenvalue weighted by molar-refractivity contribution is 7.90. The standard InChI is InChI=1S/C10H11NO3S/c1-11(2)15(13,14)10-8-5-3-7(4-6-8)9(10)12/h3-6,10H,1-2H3. The molecule has 1 atom stereocenters. The highest BCUT2D eigenvalue weighted by Crippen LogP contribution is 2.32. The number of hydrogen-bond acceptors (Lipinski definition) is 3. The number of carbonyl (C=O) groups is 1. The van der Waals surface area contributed by atoms with Gasteiger partial charge in [0.15, 0.2) is 11.0 Å². The molecule has 1 unspecified atom stereocenters. The van der Waals surface area contributed by atoms with Crippen LogP contribution < -0.4 is 0 Å². The Morgan fingerprint density at radius 1 is 1.13 bits per heavy atom. The van der Waals surface area contributed by atoms with Gasteiger partial charge in [-0.05, 0) is 5.56 Å². The summed E-state index contributed by atoms with van der Waals surface area (Å²) in [6, 6.07) is 6.67. The third kappa shape index (κ3) is 1.39. The summed E-state index contributed by atoms with van der Waals surface area (Å²) in [4.78, 5) is 11.8. The van der Waals surface area contributed by atoms with E-state index in [1.807, 2.05) is 0 Å². The maximum atomic E-state index is 11.9. The molecule has 0 saturated heterocycles. The van der Waals surface area contributed by atoms with E-state index in [4.69, 9.17) is 0 Å². The summed E-state index contributed by atoms with van der Waals surface area (Å²) in [6.45, 7) is 0. The van der Waals surface area contributed by atoms with Crippen molar-refractivity contribution in [1.82, 2.24) is 4.31 Å². The summed E-state index contributed by atoms with van der Waals surface area (Å²) in [5.41, 5.74) is 1.00. The number of carbonyl (C=O) groups excluding carboxylic acids is 1. The molecule has 1 aromatic rings. The minimum atomic E-state index is -3.56. The van der Waals surface area contributed by atoms with Crippen molar-refractivity contribution in [3.8, 4) is 0 Å². The first kappa shape index (κ1) is 10.3. The van der Waals surface area contributed by atoms with E-state index < -0.39 is 15.3 Å². The third-order valence-corrected chi connectivity index (χ3v) is 4.64. The minimum Gasteiger partial charge on any atom is -0.292 e. The fourth-order valence-electron chi connectivity index (χ4n) is 1.64. The first-order valence-electron chi connectivity index (χ1n) is 4.50. The summed E-state index contributed by atoms with van der Waals surface area (Å²) in [6.07, 6.45) is 0. The second-order valence-corrected chi connectivity index (χ2v) is 5.93. The molecule has 0 N–H and O–H groups in total. The second kappa shape index (κ2) is 3.15. The van der Waals surface area contributed by atoms with Crippen LogP contribution >= 0.6 is 0 Å². The fraction of sp³-hybridized carbons (Fsp3) is 0.300. The number of Topliss-reactive ketones (excluding diaryl/α,β-unsaturated/α-hetero) is 1. The summed E-state index contributed by atoms with van der Waals surface area (Å²) >= 11 is 0. The van der Waals surface area contributed by atoms with E-state index in [-0.39, 0.29) is 5.78 Å². The van der Waals surface area contributed by atoms with Gasteiger partial charge in [0.05, 0.1) is 0 Å². The van der Waals surface area contributed by atoms with Gasteiger partial charge in [-0.1, -0.05) is 24.3 Å². The van der Waals surface area contributed by atoms with Gasteiger partial charge in [-0.2, -0.15) is 0 Å². The molecule has 0 spiro atoms. The Hall–Kier alpha value is -1.20. The average molecular weight is 225 g/mol. The van der Waals surface area contributed by atoms with Crippen LogP contribution in [0.3, 0.4) is 0 Å². The Labute approximate surface area is 88.6 Å². The van der Waals surface area contributed by atoms with Crippen molar-refractivity contribution < 1.29 is 13.2 Å². The molecule has 2 bridgehead atoms. The Morgan fingerprint density at radius 2 is 1.67 bits per heavy atom. The van der Waals surface area contributed by atoms with Gasteiger partial charge in [-0.3, -0.25) is 4.79 Å². The molecule has 1 aromatic carbocycles. The molecule has 4 nitrogen and oxygen atoms in total. The lowest BCUT2D eigenvalue weighted by atomic mass is 9.95. The molecular formula is C10H11NO3S. The number of sulfonamides is 1. The molecule has 3 rings (SSSR count). The van der Waals surface area contributed by atoms with Crippen LogP contribution in [0.1, 0.15) is 21.2 Å². The molecule has 2 aliphatic carbocycles.